The molecule has 0 spiro atoms. The third-order valence-corrected chi connectivity index (χ3v) is 2.52. The first-order valence-electron chi connectivity index (χ1n) is 5.62. The van der Waals surface area contributed by atoms with Crippen molar-refractivity contribution in [1.82, 2.24) is 4.57 Å². The summed E-state index contributed by atoms with van der Waals surface area (Å²) in [6, 6.07) is 8.59. The second-order valence-electron chi connectivity index (χ2n) is 4.22. The first-order chi connectivity index (χ1) is 8.15. The van der Waals surface area contributed by atoms with Crippen molar-refractivity contribution in [1.29, 1.82) is 0 Å². The summed E-state index contributed by atoms with van der Waals surface area (Å²) in [5.41, 5.74) is 1.80. The number of halogens is 1. The third-order valence-electron chi connectivity index (χ3n) is 2.52. The van der Waals surface area contributed by atoms with E-state index in [1.165, 1.54) is 12.1 Å². The highest BCUT2D eigenvalue weighted by atomic mass is 19.1. The molecule has 0 aliphatic carbocycles. The molecular formula is C14H15FN2. The van der Waals surface area contributed by atoms with Crippen LogP contribution < -0.4 is 0 Å². The highest BCUT2D eigenvalue weighted by Gasteiger charge is 1.97. The molecule has 0 radical (unpaired) electrons. The first kappa shape index (κ1) is 11.6. The van der Waals surface area contributed by atoms with Gasteiger partial charge in [-0.2, -0.15) is 0 Å². The molecular weight excluding hydrogens is 215 g/mol. The lowest BCUT2D eigenvalue weighted by Gasteiger charge is -2.04. The Kier molecular flexibility index (Phi) is 3.38. The minimum atomic E-state index is -0.241. The van der Waals surface area contributed by atoms with Crippen LogP contribution in [0, 0.1) is 5.82 Å². The maximum Gasteiger partial charge on any atom is 0.123 e. The summed E-state index contributed by atoms with van der Waals surface area (Å²) < 4.78 is 14.8. The van der Waals surface area contributed by atoms with Crippen LogP contribution in [0.15, 0.2) is 47.7 Å². The monoisotopic (exact) mass is 230 g/mol. The van der Waals surface area contributed by atoms with Crippen LogP contribution >= 0.6 is 0 Å². The average molecular weight is 230 g/mol. The molecule has 1 heterocycles. The van der Waals surface area contributed by atoms with Gasteiger partial charge in [0.15, 0.2) is 0 Å². The molecule has 1 aromatic heterocycles. The fourth-order valence-corrected chi connectivity index (χ4v) is 1.50. The minimum Gasteiger partial charge on any atom is -0.351 e. The molecule has 3 heteroatoms. The van der Waals surface area contributed by atoms with Gasteiger partial charge in [0.1, 0.15) is 5.82 Å². The summed E-state index contributed by atoms with van der Waals surface area (Å²) >= 11 is 0. The number of aliphatic imine (C=N–C) groups is 1. The molecule has 0 saturated carbocycles. The predicted molar refractivity (Wildman–Crippen MR) is 68.5 cm³/mol. The Morgan fingerprint density at radius 2 is 1.88 bits per heavy atom. The Morgan fingerprint density at radius 1 is 1.18 bits per heavy atom. The SMILES string of the molecule is CC(C)n1ccc(C=Nc2ccc(F)cc2)c1. The van der Waals surface area contributed by atoms with Gasteiger partial charge in [-0.3, -0.25) is 4.99 Å². The zero-order chi connectivity index (χ0) is 12.3. The Bertz CT molecular complexity index is 509. The fraction of sp³-hybridized carbons (Fsp3) is 0.214. The Balaban J connectivity index is 2.11. The number of nitrogens with zero attached hydrogens (tertiary/aromatic N) is 2. The molecule has 0 bridgehead atoms. The Hall–Kier alpha value is -1.90. The Labute approximate surface area is 100 Å². The van der Waals surface area contributed by atoms with E-state index in [0.717, 1.165) is 11.3 Å². The normalized spacial score (nSPS) is 11.5. The third kappa shape index (κ3) is 3.03. The first-order valence-corrected chi connectivity index (χ1v) is 5.62. The van der Waals surface area contributed by atoms with Gasteiger partial charge in [-0.15, -0.1) is 0 Å². The van der Waals surface area contributed by atoms with Crippen molar-refractivity contribution in [2.24, 2.45) is 4.99 Å². The summed E-state index contributed by atoms with van der Waals surface area (Å²) in [7, 11) is 0. The van der Waals surface area contributed by atoms with Crippen LogP contribution in [0.1, 0.15) is 25.5 Å². The molecule has 88 valence electrons. The van der Waals surface area contributed by atoms with Crippen LogP contribution in [0.2, 0.25) is 0 Å². The number of hydrogen-bond acceptors (Lipinski definition) is 1. The Morgan fingerprint density at radius 3 is 2.47 bits per heavy atom. The van der Waals surface area contributed by atoms with E-state index in [-0.39, 0.29) is 5.82 Å². The topological polar surface area (TPSA) is 17.3 Å². The van der Waals surface area contributed by atoms with Crippen LogP contribution in [0.3, 0.4) is 0 Å². The van der Waals surface area contributed by atoms with Gasteiger partial charge in [-0.05, 0) is 44.2 Å². The molecule has 0 fully saturated rings. The van der Waals surface area contributed by atoms with Gasteiger partial charge in [0.2, 0.25) is 0 Å². The fourth-order valence-electron chi connectivity index (χ4n) is 1.50. The molecule has 1 aromatic carbocycles. The zero-order valence-electron chi connectivity index (χ0n) is 9.97. The maximum absolute atomic E-state index is 12.7. The van der Waals surface area contributed by atoms with Gasteiger partial charge in [0.25, 0.3) is 0 Å². The molecule has 0 amide bonds. The van der Waals surface area contributed by atoms with E-state index >= 15 is 0 Å². The molecule has 0 atom stereocenters. The standard InChI is InChI=1S/C14H15FN2/c1-11(2)17-8-7-12(10-17)9-16-14-5-3-13(15)4-6-14/h3-11H,1-2H3. The van der Waals surface area contributed by atoms with Crippen LogP contribution in [-0.4, -0.2) is 10.8 Å². The predicted octanol–water partition coefficient (Wildman–Crippen LogP) is 3.96. The molecule has 0 unspecified atom stereocenters. The van der Waals surface area contributed by atoms with Gasteiger partial charge < -0.3 is 4.57 Å². The maximum atomic E-state index is 12.7. The van der Waals surface area contributed by atoms with Gasteiger partial charge in [-0.1, -0.05) is 0 Å². The summed E-state index contributed by atoms with van der Waals surface area (Å²) in [4.78, 5) is 4.29. The van der Waals surface area contributed by atoms with Crippen molar-refractivity contribution in [3.05, 3.63) is 54.1 Å². The van der Waals surface area contributed by atoms with E-state index in [1.807, 2.05) is 18.5 Å². The number of hydrogen-bond donors (Lipinski definition) is 0. The van der Waals surface area contributed by atoms with Gasteiger partial charge in [0.05, 0.1) is 5.69 Å². The van der Waals surface area contributed by atoms with Crippen LogP contribution in [-0.2, 0) is 0 Å². The van der Waals surface area contributed by atoms with Crippen molar-refractivity contribution in [2.75, 3.05) is 0 Å². The molecule has 0 N–H and O–H groups in total. The number of rotatable bonds is 3. The smallest absolute Gasteiger partial charge is 0.123 e. The summed E-state index contributed by atoms with van der Waals surface area (Å²) in [5.74, 6) is -0.241. The molecule has 0 aliphatic heterocycles. The lowest BCUT2D eigenvalue weighted by molar-refractivity contribution is 0.603. The minimum absolute atomic E-state index is 0.241. The average Bonchev–Trinajstić information content (AvgIpc) is 2.77. The number of benzene rings is 1. The summed E-state index contributed by atoms with van der Waals surface area (Å²) in [6.45, 7) is 4.25. The van der Waals surface area contributed by atoms with Crippen molar-refractivity contribution >= 4 is 11.9 Å². The molecule has 0 aliphatic rings. The van der Waals surface area contributed by atoms with Crippen molar-refractivity contribution in [3.8, 4) is 0 Å². The van der Waals surface area contributed by atoms with E-state index in [1.54, 1.807) is 18.3 Å². The van der Waals surface area contributed by atoms with Gasteiger partial charge >= 0.3 is 0 Å². The highest BCUT2D eigenvalue weighted by molar-refractivity contribution is 5.81. The van der Waals surface area contributed by atoms with E-state index < -0.39 is 0 Å². The largest absolute Gasteiger partial charge is 0.351 e. The van der Waals surface area contributed by atoms with E-state index in [2.05, 4.69) is 23.4 Å². The summed E-state index contributed by atoms with van der Waals surface area (Å²) in [6.07, 6.45) is 5.85. The van der Waals surface area contributed by atoms with Crippen LogP contribution in [0.25, 0.3) is 0 Å². The zero-order valence-corrected chi connectivity index (χ0v) is 9.97. The molecule has 2 nitrogen and oxygen atoms in total. The van der Waals surface area contributed by atoms with Gasteiger partial charge in [0, 0.05) is 30.2 Å². The van der Waals surface area contributed by atoms with Crippen molar-refractivity contribution in [3.63, 3.8) is 0 Å². The van der Waals surface area contributed by atoms with Crippen LogP contribution in [0.5, 0.6) is 0 Å². The van der Waals surface area contributed by atoms with E-state index in [9.17, 15) is 4.39 Å². The molecule has 2 rings (SSSR count). The molecule has 17 heavy (non-hydrogen) atoms. The quantitative estimate of drug-likeness (QED) is 0.710. The van der Waals surface area contributed by atoms with Gasteiger partial charge in [-0.25, -0.2) is 4.39 Å². The lowest BCUT2D eigenvalue weighted by atomic mass is 10.3. The number of aromatic nitrogens is 1. The van der Waals surface area contributed by atoms with Crippen LogP contribution in [0.4, 0.5) is 10.1 Å². The van der Waals surface area contributed by atoms with Crippen molar-refractivity contribution < 1.29 is 4.39 Å². The second-order valence-corrected chi connectivity index (χ2v) is 4.22. The second kappa shape index (κ2) is 4.95. The van der Waals surface area contributed by atoms with E-state index in [0.29, 0.717) is 6.04 Å². The molecule has 0 saturated heterocycles. The lowest BCUT2D eigenvalue weighted by Crippen LogP contribution is -1.95. The highest BCUT2D eigenvalue weighted by Crippen LogP contribution is 2.13. The molecule has 2 aromatic rings. The summed E-state index contributed by atoms with van der Waals surface area (Å²) in [5, 5.41) is 0. The van der Waals surface area contributed by atoms with Crippen molar-refractivity contribution in [2.45, 2.75) is 19.9 Å². The van der Waals surface area contributed by atoms with E-state index in [4.69, 9.17) is 0 Å².